The molecule has 4 aliphatic rings. The lowest BCUT2D eigenvalue weighted by Gasteiger charge is -2.46. The van der Waals surface area contributed by atoms with Crippen molar-refractivity contribution in [3.05, 3.63) is 0 Å². The van der Waals surface area contributed by atoms with Crippen LogP contribution in [0.3, 0.4) is 0 Å². The highest BCUT2D eigenvalue weighted by Gasteiger charge is 2.52. The fourth-order valence-electron chi connectivity index (χ4n) is 7.70. The number of hydrogen-bond donors (Lipinski definition) is 12. The van der Waals surface area contributed by atoms with E-state index in [0.29, 0.717) is 18.8 Å². The Bertz CT molecular complexity index is 1180. The van der Waals surface area contributed by atoms with E-state index in [1.54, 1.807) is 0 Å². The van der Waals surface area contributed by atoms with Gasteiger partial charge in [0.15, 0.2) is 18.9 Å². The normalized spacial score (nSPS) is 38.6. The number of amides is 2. The monoisotopic (exact) mass is 826 g/mol. The van der Waals surface area contributed by atoms with E-state index in [1.165, 1.54) is 25.7 Å². The van der Waals surface area contributed by atoms with Gasteiger partial charge >= 0.3 is 0 Å². The van der Waals surface area contributed by atoms with Crippen LogP contribution < -0.4 is 10.6 Å². The van der Waals surface area contributed by atoms with Gasteiger partial charge in [0.25, 0.3) is 0 Å². The van der Waals surface area contributed by atoms with Gasteiger partial charge in [0.05, 0.1) is 26.4 Å². The van der Waals surface area contributed by atoms with E-state index >= 15 is 0 Å². The van der Waals surface area contributed by atoms with Crippen molar-refractivity contribution in [3.8, 4) is 0 Å². The number of carbonyl (C=O) groups excluding carboxylic acids is 2. The Morgan fingerprint density at radius 2 is 1.14 bits per heavy atom. The number of rotatable bonds is 20. The largest absolute Gasteiger partial charge is 0.394 e. The van der Waals surface area contributed by atoms with E-state index in [0.717, 1.165) is 32.1 Å². The van der Waals surface area contributed by atoms with Crippen LogP contribution in [-0.4, -0.2) is 194 Å². The van der Waals surface area contributed by atoms with Crippen LogP contribution in [0.1, 0.15) is 84.0 Å². The molecule has 0 aromatic rings. The summed E-state index contributed by atoms with van der Waals surface area (Å²) in [5.41, 5.74) is 0. The molecule has 16 unspecified atom stereocenters. The second-order valence-corrected chi connectivity index (χ2v) is 15.6. The van der Waals surface area contributed by atoms with Crippen molar-refractivity contribution in [1.29, 1.82) is 0 Å². The first-order valence-corrected chi connectivity index (χ1v) is 20.3. The van der Waals surface area contributed by atoms with E-state index in [2.05, 4.69) is 17.6 Å². The molecular weight excluding hydrogens is 760 g/mol. The molecule has 3 heterocycles. The van der Waals surface area contributed by atoms with Crippen LogP contribution in [0.4, 0.5) is 0 Å². The Labute approximate surface area is 332 Å². The van der Waals surface area contributed by atoms with Gasteiger partial charge in [-0.15, -0.1) is 0 Å². The Kier molecular flexibility index (Phi) is 20.1. The molecule has 57 heavy (non-hydrogen) atoms. The fraction of sp³-hybridized carbons (Fsp3) is 0.946. The molecule has 16 atom stereocenters. The molecule has 20 nitrogen and oxygen atoms in total. The zero-order valence-corrected chi connectivity index (χ0v) is 32.6. The molecule has 1 aliphatic carbocycles. The lowest BCUT2D eigenvalue weighted by atomic mass is 9.93. The van der Waals surface area contributed by atoms with Gasteiger partial charge in [0.1, 0.15) is 73.2 Å². The van der Waals surface area contributed by atoms with E-state index in [9.17, 15) is 60.7 Å². The number of hydrogen-bond acceptors (Lipinski definition) is 18. The second kappa shape index (κ2) is 23.9. The first-order chi connectivity index (χ1) is 27.3. The van der Waals surface area contributed by atoms with Gasteiger partial charge in [-0.3, -0.25) is 9.59 Å². The smallest absolute Gasteiger partial charge is 0.220 e. The van der Waals surface area contributed by atoms with Gasteiger partial charge in [0.2, 0.25) is 11.8 Å². The van der Waals surface area contributed by atoms with E-state index in [4.69, 9.17) is 28.4 Å². The number of aliphatic hydroxyl groups is 10. The molecule has 3 saturated heterocycles. The van der Waals surface area contributed by atoms with E-state index < -0.39 is 112 Å². The molecular formula is C37H66N2O18. The third kappa shape index (κ3) is 13.7. The SMILES string of the molecule is CC(NC(=O)CCCCCCC(=O)NCCOC1OC(COC2OC(CO)C(O)C(O)C2O)C(O)C(OC2OC(CO)C(O)C(O)C2O)C1O)C1CCCCCC1. The molecule has 0 bridgehead atoms. The minimum atomic E-state index is -1.88. The van der Waals surface area contributed by atoms with Gasteiger partial charge in [-0.05, 0) is 38.5 Å². The Balaban J connectivity index is 1.23. The highest BCUT2D eigenvalue weighted by Crippen LogP contribution is 2.31. The molecule has 20 heteroatoms. The summed E-state index contributed by atoms with van der Waals surface area (Å²) >= 11 is 0. The van der Waals surface area contributed by atoms with Crippen molar-refractivity contribution in [1.82, 2.24) is 10.6 Å². The maximum Gasteiger partial charge on any atom is 0.220 e. The first-order valence-electron chi connectivity index (χ1n) is 20.3. The van der Waals surface area contributed by atoms with Crippen LogP contribution in [0.15, 0.2) is 0 Å². The summed E-state index contributed by atoms with van der Waals surface area (Å²) < 4.78 is 33.4. The topological polar surface area (TPSA) is 316 Å². The lowest BCUT2D eigenvalue weighted by Crippen LogP contribution is -2.65. The molecule has 332 valence electrons. The highest BCUT2D eigenvalue weighted by atomic mass is 16.7. The van der Waals surface area contributed by atoms with Gasteiger partial charge in [-0.1, -0.05) is 38.5 Å². The molecule has 4 rings (SSSR count). The van der Waals surface area contributed by atoms with Crippen molar-refractivity contribution in [2.45, 2.75) is 182 Å². The summed E-state index contributed by atoms with van der Waals surface area (Å²) in [5, 5.41) is 109. The van der Waals surface area contributed by atoms with Crippen LogP contribution in [-0.2, 0) is 38.0 Å². The van der Waals surface area contributed by atoms with Crippen molar-refractivity contribution >= 4 is 11.8 Å². The minimum absolute atomic E-state index is 0.00239. The fourth-order valence-corrected chi connectivity index (χ4v) is 7.70. The average molecular weight is 827 g/mol. The van der Waals surface area contributed by atoms with Crippen molar-refractivity contribution in [3.63, 3.8) is 0 Å². The summed E-state index contributed by atoms with van der Waals surface area (Å²) in [7, 11) is 0. The van der Waals surface area contributed by atoms with Gasteiger partial charge < -0.3 is 90.1 Å². The van der Waals surface area contributed by atoms with E-state index in [-0.39, 0.29) is 37.4 Å². The second-order valence-electron chi connectivity index (χ2n) is 15.6. The molecule has 0 spiro atoms. The molecule has 0 aromatic heterocycles. The van der Waals surface area contributed by atoms with Crippen molar-refractivity contribution < 1.29 is 89.1 Å². The Hall–Kier alpha value is -1.70. The summed E-state index contributed by atoms with van der Waals surface area (Å²) in [4.78, 5) is 24.9. The van der Waals surface area contributed by atoms with Crippen LogP contribution in [0, 0.1) is 5.92 Å². The van der Waals surface area contributed by atoms with Crippen LogP contribution in [0.2, 0.25) is 0 Å². The molecule has 12 N–H and O–H groups in total. The predicted octanol–water partition coefficient (Wildman–Crippen LogP) is -3.62. The van der Waals surface area contributed by atoms with Gasteiger partial charge in [-0.25, -0.2) is 0 Å². The standard InChI is InChI=1S/C37H66N2O18/c1-19(20-10-6-2-3-7-11-20)39-25(43)13-9-5-4-8-12-24(42)38-14-15-52-36-33(51)34(57-37-32(50)30(48)27(45)22(17-41)55-37)28(46)23(56-36)18-53-35-31(49)29(47)26(44)21(16-40)54-35/h19-23,26-37,40-41,44-51H,2-18H2,1H3,(H,38,42)(H,39,43). The molecule has 0 aromatic carbocycles. The zero-order valence-electron chi connectivity index (χ0n) is 32.6. The van der Waals surface area contributed by atoms with Crippen LogP contribution in [0.5, 0.6) is 0 Å². The summed E-state index contributed by atoms with van der Waals surface area (Å²) in [6.07, 6.45) is -14.0. The summed E-state index contributed by atoms with van der Waals surface area (Å²) in [6, 6.07) is 0.176. The maximum atomic E-state index is 12.5. The van der Waals surface area contributed by atoms with Gasteiger partial charge in [-0.2, -0.15) is 0 Å². The Morgan fingerprint density at radius 3 is 1.74 bits per heavy atom. The Morgan fingerprint density at radius 1 is 0.614 bits per heavy atom. The third-order valence-electron chi connectivity index (χ3n) is 11.3. The van der Waals surface area contributed by atoms with Crippen LogP contribution >= 0.6 is 0 Å². The van der Waals surface area contributed by atoms with Gasteiger partial charge in [0, 0.05) is 25.4 Å². The first kappa shape index (κ1) is 48.0. The minimum Gasteiger partial charge on any atom is -0.394 e. The maximum absolute atomic E-state index is 12.5. The summed E-state index contributed by atoms with van der Waals surface area (Å²) in [6.45, 7) is -0.196. The molecule has 4 fully saturated rings. The zero-order chi connectivity index (χ0) is 41.6. The average Bonchev–Trinajstić information content (AvgIpc) is 3.49. The predicted molar refractivity (Wildman–Crippen MR) is 194 cm³/mol. The summed E-state index contributed by atoms with van der Waals surface area (Å²) in [5.74, 6) is 0.350. The molecule has 0 radical (unpaired) electrons. The third-order valence-corrected chi connectivity index (χ3v) is 11.3. The number of aliphatic hydroxyl groups excluding tert-OH is 10. The quantitative estimate of drug-likeness (QED) is 0.0417. The number of carbonyl (C=O) groups is 2. The van der Waals surface area contributed by atoms with E-state index in [1.807, 2.05) is 0 Å². The van der Waals surface area contributed by atoms with Crippen molar-refractivity contribution in [2.75, 3.05) is 33.0 Å². The van der Waals surface area contributed by atoms with Crippen molar-refractivity contribution in [2.24, 2.45) is 5.92 Å². The molecule has 1 saturated carbocycles. The highest BCUT2D eigenvalue weighted by molar-refractivity contribution is 5.76. The number of nitrogens with one attached hydrogen (secondary N) is 2. The number of ether oxygens (including phenoxy) is 6. The molecule has 3 aliphatic heterocycles. The number of unbranched alkanes of at least 4 members (excludes halogenated alkanes) is 3. The van der Waals surface area contributed by atoms with Crippen LogP contribution in [0.25, 0.3) is 0 Å². The molecule has 2 amide bonds. The lowest BCUT2D eigenvalue weighted by molar-refractivity contribution is -0.366.